The van der Waals surface area contributed by atoms with Gasteiger partial charge in [-0.05, 0) is 32.5 Å². The van der Waals surface area contributed by atoms with Crippen LogP contribution in [0, 0.1) is 5.82 Å². The molecule has 7 heteroatoms. The van der Waals surface area contributed by atoms with E-state index < -0.39 is 15.8 Å². The smallest absolute Gasteiger partial charge is 0.241 e. The van der Waals surface area contributed by atoms with Gasteiger partial charge in [0.1, 0.15) is 5.82 Å². The number of hydrogen-bond donors (Lipinski definition) is 2. The number of nitrogens with zero attached hydrogens (tertiary/aromatic N) is 1. The Bertz CT molecular complexity index is 563. The van der Waals surface area contributed by atoms with Gasteiger partial charge in [0.05, 0.1) is 4.90 Å². The number of halogens is 1. The fourth-order valence-electron chi connectivity index (χ4n) is 1.95. The van der Waals surface area contributed by atoms with Crippen LogP contribution in [0.5, 0.6) is 0 Å². The van der Waals surface area contributed by atoms with E-state index in [1.54, 1.807) is 0 Å². The lowest BCUT2D eigenvalue weighted by molar-refractivity contribution is 0.256. The van der Waals surface area contributed by atoms with Crippen LogP contribution in [-0.2, 0) is 16.6 Å². The molecule has 0 aliphatic heterocycles. The van der Waals surface area contributed by atoms with Gasteiger partial charge in [-0.15, -0.1) is 0 Å². The summed E-state index contributed by atoms with van der Waals surface area (Å²) in [6.45, 7) is 4.85. The zero-order chi connectivity index (χ0) is 16.0. The van der Waals surface area contributed by atoms with E-state index in [1.807, 2.05) is 7.05 Å². The molecule has 1 aromatic carbocycles. The van der Waals surface area contributed by atoms with Crippen LogP contribution in [-0.4, -0.2) is 39.5 Å². The first-order valence-electron chi connectivity index (χ1n) is 7.00. The molecule has 0 amide bonds. The second-order valence-electron chi connectivity index (χ2n) is 5.06. The molecule has 5 nitrogen and oxygen atoms in total. The van der Waals surface area contributed by atoms with E-state index in [9.17, 15) is 12.8 Å². The van der Waals surface area contributed by atoms with Gasteiger partial charge in [-0.1, -0.05) is 13.0 Å². The summed E-state index contributed by atoms with van der Waals surface area (Å²) in [7, 11) is -1.81. The molecule has 1 aromatic rings. The molecule has 1 atom stereocenters. The van der Waals surface area contributed by atoms with Crippen molar-refractivity contribution >= 4 is 10.0 Å². The summed E-state index contributed by atoms with van der Waals surface area (Å²) in [4.78, 5) is 1.98. The number of nitrogens with two attached hydrogens (primary N) is 1. The predicted octanol–water partition coefficient (Wildman–Crippen LogP) is 1.29. The average molecular weight is 317 g/mol. The molecule has 3 N–H and O–H groups in total. The first kappa shape index (κ1) is 18.0. The Hall–Kier alpha value is -1.02. The Balaban J connectivity index is 2.77. The minimum atomic E-state index is -3.75. The van der Waals surface area contributed by atoms with Gasteiger partial charge >= 0.3 is 0 Å². The summed E-state index contributed by atoms with van der Waals surface area (Å²) < 4.78 is 40.6. The van der Waals surface area contributed by atoms with Crippen molar-refractivity contribution in [1.29, 1.82) is 0 Å². The normalized spacial score (nSPS) is 13.6. The topological polar surface area (TPSA) is 75.4 Å². The van der Waals surface area contributed by atoms with Gasteiger partial charge in [-0.3, -0.25) is 0 Å². The highest BCUT2D eigenvalue weighted by atomic mass is 32.2. The number of sulfonamides is 1. The lowest BCUT2D eigenvalue weighted by atomic mass is 10.2. The fraction of sp³-hybridized carbons (Fsp3) is 0.571. The van der Waals surface area contributed by atoms with Crippen molar-refractivity contribution in [2.24, 2.45) is 5.73 Å². The molecule has 0 aliphatic carbocycles. The minimum Gasteiger partial charge on any atom is -0.326 e. The van der Waals surface area contributed by atoms with E-state index in [0.717, 1.165) is 6.42 Å². The van der Waals surface area contributed by atoms with Crippen LogP contribution in [0.4, 0.5) is 4.39 Å². The Kier molecular flexibility index (Phi) is 6.73. The number of nitrogens with one attached hydrogen (secondary N) is 1. The Morgan fingerprint density at radius 2 is 2.10 bits per heavy atom. The highest BCUT2D eigenvalue weighted by Crippen LogP contribution is 2.18. The molecule has 0 aromatic heterocycles. The van der Waals surface area contributed by atoms with Crippen molar-refractivity contribution in [1.82, 2.24) is 9.62 Å². The summed E-state index contributed by atoms with van der Waals surface area (Å²) in [6, 6.07) is 4.32. The molecule has 0 bridgehead atoms. The van der Waals surface area contributed by atoms with Crippen molar-refractivity contribution in [3.8, 4) is 0 Å². The van der Waals surface area contributed by atoms with Gasteiger partial charge < -0.3 is 10.6 Å². The summed E-state index contributed by atoms with van der Waals surface area (Å²) >= 11 is 0. The van der Waals surface area contributed by atoms with Gasteiger partial charge in [0.2, 0.25) is 10.0 Å². The third-order valence-corrected chi connectivity index (χ3v) is 5.22. The zero-order valence-electron chi connectivity index (χ0n) is 12.8. The second-order valence-corrected chi connectivity index (χ2v) is 6.79. The van der Waals surface area contributed by atoms with Crippen molar-refractivity contribution in [3.05, 3.63) is 29.6 Å². The zero-order valence-corrected chi connectivity index (χ0v) is 13.6. The van der Waals surface area contributed by atoms with Crippen LogP contribution in [0.3, 0.4) is 0 Å². The predicted molar refractivity (Wildman–Crippen MR) is 81.9 cm³/mol. The van der Waals surface area contributed by atoms with Gasteiger partial charge in [-0.2, -0.15) is 0 Å². The number of rotatable bonds is 8. The first-order valence-corrected chi connectivity index (χ1v) is 8.49. The Labute approximate surface area is 126 Å². The maximum Gasteiger partial charge on any atom is 0.241 e. The third-order valence-electron chi connectivity index (χ3n) is 3.67. The van der Waals surface area contributed by atoms with Gasteiger partial charge in [-0.25, -0.2) is 17.5 Å². The molecular formula is C14H24FN3O2S. The quantitative estimate of drug-likeness (QED) is 0.758. The molecule has 0 aliphatic rings. The maximum absolute atomic E-state index is 13.6. The highest BCUT2D eigenvalue weighted by Gasteiger charge is 2.20. The first-order chi connectivity index (χ1) is 9.83. The largest absolute Gasteiger partial charge is 0.326 e. The van der Waals surface area contributed by atoms with Gasteiger partial charge in [0.15, 0.2) is 0 Å². The number of benzene rings is 1. The summed E-state index contributed by atoms with van der Waals surface area (Å²) in [6.07, 6.45) is 0.991. The van der Waals surface area contributed by atoms with Gasteiger partial charge in [0, 0.05) is 31.2 Å². The van der Waals surface area contributed by atoms with Crippen LogP contribution in [0.1, 0.15) is 25.8 Å². The van der Waals surface area contributed by atoms with Crippen LogP contribution in [0.2, 0.25) is 0 Å². The van der Waals surface area contributed by atoms with Crippen LogP contribution in [0.25, 0.3) is 0 Å². The van der Waals surface area contributed by atoms with Crippen LogP contribution in [0.15, 0.2) is 23.1 Å². The lowest BCUT2D eigenvalue weighted by Crippen LogP contribution is -2.37. The molecule has 0 spiro atoms. The van der Waals surface area contributed by atoms with Crippen LogP contribution >= 0.6 is 0 Å². The molecule has 1 rings (SSSR count). The maximum atomic E-state index is 13.6. The van der Waals surface area contributed by atoms with Crippen molar-refractivity contribution < 1.29 is 12.8 Å². The fourth-order valence-corrected chi connectivity index (χ4v) is 3.23. The van der Waals surface area contributed by atoms with E-state index in [1.165, 1.54) is 18.2 Å². The highest BCUT2D eigenvalue weighted by molar-refractivity contribution is 7.89. The summed E-state index contributed by atoms with van der Waals surface area (Å²) in [5.74, 6) is -0.600. The van der Waals surface area contributed by atoms with Crippen molar-refractivity contribution in [2.75, 3.05) is 20.1 Å². The molecule has 0 radical (unpaired) electrons. The molecule has 1 unspecified atom stereocenters. The Morgan fingerprint density at radius 1 is 1.43 bits per heavy atom. The standard InChI is InChI=1S/C14H24FN3O2S/c1-4-11(2)18(3)9-8-17-21(19,20)14-7-5-6-13(15)12(14)10-16/h5-7,11,17H,4,8-10,16H2,1-3H3. The molecule has 0 saturated carbocycles. The molecule has 21 heavy (non-hydrogen) atoms. The monoisotopic (exact) mass is 317 g/mol. The number of likely N-dealkylation sites (N-methyl/N-ethyl adjacent to an activating group) is 1. The summed E-state index contributed by atoms with van der Waals surface area (Å²) in [5.41, 5.74) is 5.46. The molecule has 120 valence electrons. The van der Waals surface area contributed by atoms with Crippen molar-refractivity contribution in [3.63, 3.8) is 0 Å². The lowest BCUT2D eigenvalue weighted by Gasteiger charge is -2.23. The van der Waals surface area contributed by atoms with Crippen LogP contribution < -0.4 is 10.5 Å². The van der Waals surface area contributed by atoms with Crippen molar-refractivity contribution in [2.45, 2.75) is 37.8 Å². The summed E-state index contributed by atoms with van der Waals surface area (Å²) in [5, 5.41) is 0. The van der Waals surface area contributed by atoms with E-state index in [-0.39, 0.29) is 23.5 Å². The molecule has 0 saturated heterocycles. The second kappa shape index (κ2) is 7.84. The van der Waals surface area contributed by atoms with E-state index >= 15 is 0 Å². The van der Waals surface area contributed by atoms with Gasteiger partial charge in [0.25, 0.3) is 0 Å². The SMILES string of the molecule is CCC(C)N(C)CCNS(=O)(=O)c1cccc(F)c1CN. The van der Waals surface area contributed by atoms with E-state index in [0.29, 0.717) is 12.6 Å². The van der Waals surface area contributed by atoms with E-state index in [4.69, 9.17) is 5.73 Å². The molecule has 0 fully saturated rings. The van der Waals surface area contributed by atoms with E-state index in [2.05, 4.69) is 23.5 Å². The minimum absolute atomic E-state index is 0.0141. The molecule has 0 heterocycles. The Morgan fingerprint density at radius 3 is 2.67 bits per heavy atom. The average Bonchev–Trinajstić information content (AvgIpc) is 2.45. The number of hydrogen-bond acceptors (Lipinski definition) is 4. The third kappa shape index (κ3) is 4.74. The molecular weight excluding hydrogens is 293 g/mol.